The molecule has 8 heteroatoms. The zero-order chi connectivity index (χ0) is 19.6. The Morgan fingerprint density at radius 3 is 2.67 bits per heavy atom. The Bertz CT molecular complexity index is 970. The number of aromatic hydroxyl groups is 1. The largest absolute Gasteiger partial charge is 0.507 e. The van der Waals surface area contributed by atoms with E-state index >= 15 is 0 Å². The third kappa shape index (κ3) is 3.60. The molecule has 1 aromatic carbocycles. The van der Waals surface area contributed by atoms with Crippen LogP contribution in [0.4, 0.5) is 0 Å². The van der Waals surface area contributed by atoms with Crippen LogP contribution < -0.4 is 4.74 Å². The second-order valence-corrected chi connectivity index (χ2v) is 6.39. The van der Waals surface area contributed by atoms with Gasteiger partial charge in [0.15, 0.2) is 6.29 Å². The molecule has 2 heterocycles. The maximum atomic E-state index is 11.3. The Morgan fingerprint density at radius 2 is 1.96 bits per heavy atom. The summed E-state index contributed by atoms with van der Waals surface area (Å²) in [6.07, 6.45) is 5.54. The molecule has 0 atom stereocenters. The number of phenolic OH excluding ortho intramolecular Hbond substituents is 1. The van der Waals surface area contributed by atoms with Gasteiger partial charge in [-0.15, -0.1) is 0 Å². The maximum absolute atomic E-state index is 11.3. The van der Waals surface area contributed by atoms with Crippen LogP contribution in [0.3, 0.4) is 0 Å². The molecule has 6 nitrogen and oxygen atoms in total. The molecule has 27 heavy (non-hydrogen) atoms. The predicted molar refractivity (Wildman–Crippen MR) is 103 cm³/mol. The summed E-state index contributed by atoms with van der Waals surface area (Å²) in [5, 5.41) is 8.03. The number of benzene rings is 1. The monoisotopic (exact) mass is 357 g/mol. The van der Waals surface area contributed by atoms with Crippen LogP contribution >= 0.6 is 0 Å². The summed E-state index contributed by atoms with van der Waals surface area (Å²) in [4.78, 5) is 20.1. The van der Waals surface area contributed by atoms with E-state index in [1.54, 1.807) is 35.3 Å². The number of imidazole rings is 1. The van der Waals surface area contributed by atoms with Crippen LogP contribution in [0.1, 0.15) is 41.5 Å². The molecule has 0 aliphatic heterocycles. The van der Waals surface area contributed by atoms with Crippen molar-refractivity contribution < 1.29 is 14.6 Å². The average molecular weight is 357 g/mol. The van der Waals surface area contributed by atoms with Gasteiger partial charge in [-0.1, -0.05) is 26.0 Å². The molecule has 3 rings (SSSR count). The molecule has 2 aromatic heterocycles. The summed E-state index contributed by atoms with van der Waals surface area (Å²) >= 11 is 0. The van der Waals surface area contributed by atoms with Gasteiger partial charge in [0.25, 0.3) is 0 Å². The summed E-state index contributed by atoms with van der Waals surface area (Å²) in [7, 11) is 12.5. The van der Waals surface area contributed by atoms with E-state index in [1.807, 2.05) is 13.8 Å². The van der Waals surface area contributed by atoms with Crippen molar-refractivity contribution in [2.75, 3.05) is 0 Å². The number of ether oxygens (including phenoxy) is 1. The Labute approximate surface area is 160 Å². The van der Waals surface area contributed by atoms with E-state index in [1.165, 1.54) is 18.2 Å². The van der Waals surface area contributed by atoms with Gasteiger partial charge in [0.1, 0.15) is 38.8 Å². The zero-order valence-corrected chi connectivity index (χ0v) is 15.0. The van der Waals surface area contributed by atoms with Gasteiger partial charge in [0.05, 0.1) is 11.0 Å². The number of phenols is 1. The first-order chi connectivity index (χ1) is 12.8. The highest BCUT2D eigenvalue weighted by molar-refractivity contribution is 6.39. The number of nitrogens with zero attached hydrogens (tertiary/aromatic N) is 3. The molecular formula is C19H17B2N3O3. The number of carbonyl (C=O) groups excluding carboxylic acids is 1. The fraction of sp³-hybridized carbons (Fsp3) is 0.211. The van der Waals surface area contributed by atoms with Gasteiger partial charge in [0.2, 0.25) is 0 Å². The number of carbonyl (C=O) groups is 1. The molecule has 3 aromatic rings. The first kappa shape index (κ1) is 18.8. The van der Waals surface area contributed by atoms with Crippen LogP contribution in [0, 0.1) is 0 Å². The van der Waals surface area contributed by atoms with Gasteiger partial charge in [0, 0.05) is 30.1 Å². The van der Waals surface area contributed by atoms with Gasteiger partial charge in [-0.25, -0.2) is 9.97 Å². The second kappa shape index (κ2) is 7.31. The summed E-state index contributed by atoms with van der Waals surface area (Å²) < 4.78 is 7.51. The molecule has 0 unspecified atom stereocenters. The SMILES string of the molecule is [B]C([B])(Oc1cccc(O)c1C=O)c1cccnc1-n1ccnc1C(C)C. The Morgan fingerprint density at radius 1 is 1.19 bits per heavy atom. The van der Waals surface area contributed by atoms with Gasteiger partial charge in [-0.05, 0) is 18.2 Å². The van der Waals surface area contributed by atoms with E-state index in [-0.39, 0.29) is 23.0 Å². The molecule has 0 aliphatic rings. The normalized spacial score (nSPS) is 11.5. The lowest BCUT2D eigenvalue weighted by Crippen LogP contribution is -2.36. The van der Waals surface area contributed by atoms with Crippen LogP contribution in [0.2, 0.25) is 0 Å². The lowest BCUT2D eigenvalue weighted by Gasteiger charge is -2.31. The molecule has 132 valence electrons. The van der Waals surface area contributed by atoms with Gasteiger partial charge < -0.3 is 9.84 Å². The fourth-order valence-corrected chi connectivity index (χ4v) is 2.79. The number of pyridine rings is 1. The Balaban J connectivity index is 2.08. The van der Waals surface area contributed by atoms with Crippen molar-refractivity contribution in [3.63, 3.8) is 0 Å². The van der Waals surface area contributed by atoms with E-state index in [0.717, 1.165) is 5.82 Å². The highest BCUT2D eigenvalue weighted by Gasteiger charge is 2.28. The van der Waals surface area contributed by atoms with Crippen molar-refractivity contribution in [3.8, 4) is 17.3 Å². The highest BCUT2D eigenvalue weighted by atomic mass is 16.5. The van der Waals surface area contributed by atoms with Crippen molar-refractivity contribution in [1.82, 2.24) is 14.5 Å². The minimum Gasteiger partial charge on any atom is -0.507 e. The van der Waals surface area contributed by atoms with Crippen LogP contribution in [-0.4, -0.2) is 41.6 Å². The van der Waals surface area contributed by atoms with E-state index in [4.69, 9.17) is 20.4 Å². The van der Waals surface area contributed by atoms with Gasteiger partial charge in [-0.2, -0.15) is 0 Å². The number of rotatable bonds is 6. The average Bonchev–Trinajstić information content (AvgIpc) is 3.11. The topological polar surface area (TPSA) is 77.2 Å². The number of aldehydes is 1. The summed E-state index contributed by atoms with van der Waals surface area (Å²) in [6, 6.07) is 7.79. The van der Waals surface area contributed by atoms with Crippen molar-refractivity contribution in [2.24, 2.45) is 0 Å². The lowest BCUT2D eigenvalue weighted by atomic mass is 9.61. The smallest absolute Gasteiger partial charge is 0.157 e. The molecule has 4 radical (unpaired) electrons. The lowest BCUT2D eigenvalue weighted by molar-refractivity contribution is 0.111. The molecule has 0 bridgehead atoms. The summed E-state index contributed by atoms with van der Waals surface area (Å²) in [5.74, 6) is 1.25. The Hall–Kier alpha value is -3.02. The zero-order valence-electron chi connectivity index (χ0n) is 15.0. The molecule has 0 fully saturated rings. The number of aromatic nitrogens is 3. The maximum Gasteiger partial charge on any atom is 0.157 e. The highest BCUT2D eigenvalue weighted by Crippen LogP contribution is 2.32. The number of hydrogen-bond donors (Lipinski definition) is 1. The standard InChI is InChI=1S/C19H17B2N3O3/c1-12(2)17-23-9-10-24(17)18-14(5-4-8-22-18)19(20,21)27-16-7-3-6-15(26)13(16)11-25/h3-12,26H,1-2H3. The van der Waals surface area contributed by atoms with Crippen LogP contribution in [0.15, 0.2) is 48.9 Å². The fourth-order valence-electron chi connectivity index (χ4n) is 2.79. The van der Waals surface area contributed by atoms with E-state index in [2.05, 4.69) is 9.97 Å². The predicted octanol–water partition coefficient (Wildman–Crippen LogP) is 2.44. The van der Waals surface area contributed by atoms with Crippen molar-refractivity contribution in [3.05, 3.63) is 65.9 Å². The van der Waals surface area contributed by atoms with E-state index in [0.29, 0.717) is 17.7 Å². The number of hydrogen-bond acceptors (Lipinski definition) is 5. The third-order valence-corrected chi connectivity index (χ3v) is 4.06. The minimum absolute atomic E-state index is 0.0336. The Kier molecular flexibility index (Phi) is 5.08. The quantitative estimate of drug-likeness (QED) is 0.542. The van der Waals surface area contributed by atoms with E-state index in [9.17, 15) is 9.90 Å². The first-order valence-electron chi connectivity index (χ1n) is 8.38. The molecule has 1 N–H and O–H groups in total. The molecule has 0 amide bonds. The third-order valence-electron chi connectivity index (χ3n) is 4.06. The van der Waals surface area contributed by atoms with Crippen LogP contribution in [-0.2, 0) is 5.40 Å². The second-order valence-electron chi connectivity index (χ2n) is 6.39. The van der Waals surface area contributed by atoms with Gasteiger partial charge in [-0.3, -0.25) is 9.36 Å². The molecule has 0 spiro atoms. The molecular weight excluding hydrogens is 340 g/mol. The van der Waals surface area contributed by atoms with Gasteiger partial charge >= 0.3 is 0 Å². The first-order valence-corrected chi connectivity index (χ1v) is 8.38. The molecule has 0 saturated carbocycles. The van der Waals surface area contributed by atoms with Crippen LogP contribution in [0.25, 0.3) is 5.82 Å². The molecule has 0 aliphatic carbocycles. The van der Waals surface area contributed by atoms with Crippen molar-refractivity contribution in [1.29, 1.82) is 0 Å². The van der Waals surface area contributed by atoms with Crippen molar-refractivity contribution in [2.45, 2.75) is 25.2 Å². The van der Waals surface area contributed by atoms with Crippen LogP contribution in [0.5, 0.6) is 11.5 Å². The summed E-state index contributed by atoms with van der Waals surface area (Å²) in [5.41, 5.74) is 0.360. The minimum atomic E-state index is -1.81. The van der Waals surface area contributed by atoms with E-state index < -0.39 is 5.40 Å². The summed E-state index contributed by atoms with van der Waals surface area (Å²) in [6.45, 7) is 4.03. The molecule has 0 saturated heterocycles. The van der Waals surface area contributed by atoms with Crippen molar-refractivity contribution >= 4 is 22.0 Å².